The van der Waals surface area contributed by atoms with E-state index < -0.39 is 5.97 Å². The number of benzene rings is 1. The predicted molar refractivity (Wildman–Crippen MR) is 112 cm³/mol. The number of aromatic nitrogens is 4. The second kappa shape index (κ2) is 7.75. The van der Waals surface area contributed by atoms with Crippen LogP contribution in [-0.4, -0.2) is 43.7 Å². The number of ether oxygens (including phenoxy) is 1. The molecule has 0 bridgehead atoms. The van der Waals surface area contributed by atoms with Gasteiger partial charge in [0.05, 0.1) is 35.8 Å². The first-order valence-corrected chi connectivity index (χ1v) is 9.22. The Hall–Kier alpha value is -4.07. The summed E-state index contributed by atoms with van der Waals surface area (Å²) in [5, 5.41) is 17.4. The average molecular weight is 401 g/mol. The fraction of sp³-hybridized carbons (Fsp3) is 0.136. The third kappa shape index (κ3) is 3.39. The van der Waals surface area contributed by atoms with Gasteiger partial charge in [0, 0.05) is 16.6 Å². The van der Waals surface area contributed by atoms with E-state index in [0.717, 1.165) is 5.69 Å². The summed E-state index contributed by atoms with van der Waals surface area (Å²) in [7, 11) is 1.34. The molecular formula is C22H19N5O3. The first-order chi connectivity index (χ1) is 14.5. The van der Waals surface area contributed by atoms with Gasteiger partial charge in [-0.15, -0.1) is 0 Å². The molecule has 3 aromatic heterocycles. The molecule has 0 atom stereocenters. The number of fused-ring (bicyclic) bond motifs is 1. The third-order valence-electron chi connectivity index (χ3n) is 4.75. The minimum atomic E-state index is -0.470. The molecular weight excluding hydrogens is 382 g/mol. The van der Waals surface area contributed by atoms with Crippen molar-refractivity contribution in [2.24, 2.45) is 5.16 Å². The van der Waals surface area contributed by atoms with Crippen molar-refractivity contribution in [2.45, 2.75) is 13.8 Å². The quantitative estimate of drug-likeness (QED) is 0.242. The average Bonchev–Trinajstić information content (AvgIpc) is 3.21. The highest BCUT2D eigenvalue weighted by Gasteiger charge is 2.18. The van der Waals surface area contributed by atoms with Crippen LogP contribution < -0.4 is 0 Å². The third-order valence-corrected chi connectivity index (χ3v) is 4.75. The van der Waals surface area contributed by atoms with Crippen molar-refractivity contribution >= 4 is 22.6 Å². The molecule has 30 heavy (non-hydrogen) atoms. The van der Waals surface area contributed by atoms with Crippen molar-refractivity contribution in [1.29, 1.82) is 0 Å². The minimum absolute atomic E-state index is 0.378. The maximum absolute atomic E-state index is 12.5. The van der Waals surface area contributed by atoms with Gasteiger partial charge in [-0.1, -0.05) is 17.3 Å². The van der Waals surface area contributed by atoms with E-state index in [2.05, 4.69) is 20.2 Å². The zero-order valence-electron chi connectivity index (χ0n) is 16.7. The molecule has 8 heteroatoms. The zero-order chi connectivity index (χ0) is 21.3. The van der Waals surface area contributed by atoms with Gasteiger partial charge < -0.3 is 9.94 Å². The molecule has 4 aromatic rings. The number of carbonyl (C=O) groups excluding carboxylic acids is 1. The lowest BCUT2D eigenvalue weighted by Gasteiger charge is -2.09. The van der Waals surface area contributed by atoms with Crippen LogP contribution in [0.2, 0.25) is 0 Å². The number of pyridine rings is 2. The lowest BCUT2D eigenvalue weighted by atomic mass is 10.0. The van der Waals surface area contributed by atoms with E-state index in [1.54, 1.807) is 29.9 Å². The Morgan fingerprint density at radius 1 is 1.13 bits per heavy atom. The summed E-state index contributed by atoms with van der Waals surface area (Å²) in [6.45, 7) is 3.56. The summed E-state index contributed by atoms with van der Waals surface area (Å²) >= 11 is 0. The van der Waals surface area contributed by atoms with E-state index in [1.807, 2.05) is 43.3 Å². The molecule has 1 N–H and O–H groups in total. The molecule has 0 saturated carbocycles. The van der Waals surface area contributed by atoms with Gasteiger partial charge in [0.2, 0.25) is 0 Å². The molecule has 0 aliphatic heterocycles. The topological polar surface area (TPSA) is 102 Å². The highest BCUT2D eigenvalue weighted by atomic mass is 16.5. The summed E-state index contributed by atoms with van der Waals surface area (Å²) in [6, 6.07) is 14.7. The largest absolute Gasteiger partial charge is 0.465 e. The Balaban J connectivity index is 1.97. The summed E-state index contributed by atoms with van der Waals surface area (Å²) in [5.41, 5.74) is 4.17. The zero-order valence-corrected chi connectivity index (χ0v) is 16.7. The lowest BCUT2D eigenvalue weighted by Crippen LogP contribution is -2.05. The Bertz CT molecular complexity index is 1290. The van der Waals surface area contributed by atoms with Crippen LogP contribution in [0.3, 0.4) is 0 Å². The SMILES string of the molecule is COC(=O)c1cc(-c2cccc(/C(C)=N\O)n2)cc2c1cnn2-c1cccc(C)n1. The van der Waals surface area contributed by atoms with Gasteiger partial charge in [-0.3, -0.25) is 0 Å². The summed E-state index contributed by atoms with van der Waals surface area (Å²) in [4.78, 5) is 21.6. The fourth-order valence-electron chi connectivity index (χ4n) is 3.23. The molecule has 0 saturated heterocycles. The normalized spacial score (nSPS) is 11.6. The lowest BCUT2D eigenvalue weighted by molar-refractivity contribution is 0.0603. The molecule has 0 spiro atoms. The summed E-state index contributed by atoms with van der Waals surface area (Å²) in [5.74, 6) is 0.172. The van der Waals surface area contributed by atoms with Crippen molar-refractivity contribution in [3.8, 4) is 17.1 Å². The molecule has 0 aliphatic carbocycles. The van der Waals surface area contributed by atoms with Gasteiger partial charge in [0.25, 0.3) is 0 Å². The first-order valence-electron chi connectivity index (χ1n) is 9.22. The molecule has 1 aromatic carbocycles. The van der Waals surface area contributed by atoms with Crippen LogP contribution in [0.4, 0.5) is 0 Å². The van der Waals surface area contributed by atoms with E-state index >= 15 is 0 Å². The number of esters is 1. The number of carbonyl (C=O) groups is 1. The van der Waals surface area contributed by atoms with Crippen molar-refractivity contribution < 1.29 is 14.7 Å². The molecule has 0 fully saturated rings. The number of rotatable bonds is 4. The number of hydrogen-bond donors (Lipinski definition) is 1. The molecule has 0 amide bonds. The standard InChI is InChI=1S/C22H19N5O3/c1-13-6-4-9-21(24-13)27-20-11-15(10-16(22(28)30-3)17(20)12-23-27)19-8-5-7-18(25-19)14(2)26-29/h4-12,29H,1-3H3/b26-14-. The molecule has 150 valence electrons. The number of methoxy groups -OCH3 is 1. The second-order valence-electron chi connectivity index (χ2n) is 6.74. The van der Waals surface area contributed by atoms with Crippen molar-refractivity contribution in [1.82, 2.24) is 19.7 Å². The van der Waals surface area contributed by atoms with Crippen LogP contribution in [0.25, 0.3) is 28.0 Å². The van der Waals surface area contributed by atoms with E-state index in [0.29, 0.717) is 44.9 Å². The van der Waals surface area contributed by atoms with Crippen molar-refractivity contribution in [3.05, 3.63) is 71.7 Å². The highest BCUT2D eigenvalue weighted by molar-refractivity contribution is 6.05. The maximum atomic E-state index is 12.5. The summed E-state index contributed by atoms with van der Waals surface area (Å²) < 4.78 is 6.67. The molecule has 0 aliphatic rings. The van der Waals surface area contributed by atoms with Gasteiger partial charge in [0.15, 0.2) is 5.82 Å². The monoisotopic (exact) mass is 401 g/mol. The number of aryl methyl sites for hydroxylation is 1. The molecule has 8 nitrogen and oxygen atoms in total. The van der Waals surface area contributed by atoms with Crippen LogP contribution in [0.5, 0.6) is 0 Å². The number of nitrogens with zero attached hydrogens (tertiary/aromatic N) is 5. The Labute approximate surface area is 172 Å². The summed E-state index contributed by atoms with van der Waals surface area (Å²) in [6.07, 6.45) is 1.63. The highest BCUT2D eigenvalue weighted by Crippen LogP contribution is 2.29. The van der Waals surface area contributed by atoms with Gasteiger partial charge in [0.1, 0.15) is 5.71 Å². The molecule has 0 radical (unpaired) electrons. The van der Waals surface area contributed by atoms with Crippen LogP contribution in [0.15, 0.2) is 59.9 Å². The van der Waals surface area contributed by atoms with Gasteiger partial charge >= 0.3 is 5.97 Å². The van der Waals surface area contributed by atoms with E-state index in [9.17, 15) is 4.79 Å². The second-order valence-corrected chi connectivity index (χ2v) is 6.74. The van der Waals surface area contributed by atoms with E-state index in [-0.39, 0.29) is 0 Å². The van der Waals surface area contributed by atoms with Crippen LogP contribution in [-0.2, 0) is 4.74 Å². The Morgan fingerprint density at radius 2 is 1.93 bits per heavy atom. The molecule has 4 rings (SSSR count). The fourth-order valence-corrected chi connectivity index (χ4v) is 3.23. The maximum Gasteiger partial charge on any atom is 0.338 e. The van der Waals surface area contributed by atoms with Gasteiger partial charge in [-0.25, -0.2) is 19.4 Å². The minimum Gasteiger partial charge on any atom is -0.465 e. The van der Waals surface area contributed by atoms with Crippen LogP contribution in [0, 0.1) is 6.92 Å². The molecule has 3 heterocycles. The Kier molecular flexibility index (Phi) is 4.97. The smallest absolute Gasteiger partial charge is 0.338 e. The van der Waals surface area contributed by atoms with E-state index in [4.69, 9.17) is 9.94 Å². The molecule has 0 unspecified atom stereocenters. The predicted octanol–water partition coefficient (Wildman–Crippen LogP) is 3.78. The first kappa shape index (κ1) is 19.3. The number of hydrogen-bond acceptors (Lipinski definition) is 7. The number of oxime groups is 1. The van der Waals surface area contributed by atoms with Crippen molar-refractivity contribution in [2.75, 3.05) is 7.11 Å². The van der Waals surface area contributed by atoms with Gasteiger partial charge in [-0.2, -0.15) is 5.10 Å². The Morgan fingerprint density at radius 3 is 2.67 bits per heavy atom. The van der Waals surface area contributed by atoms with Gasteiger partial charge in [-0.05, 0) is 50.2 Å². The van der Waals surface area contributed by atoms with E-state index in [1.165, 1.54) is 7.11 Å². The van der Waals surface area contributed by atoms with Crippen LogP contribution in [0.1, 0.15) is 28.7 Å². The van der Waals surface area contributed by atoms with Crippen molar-refractivity contribution in [3.63, 3.8) is 0 Å². The van der Waals surface area contributed by atoms with Crippen LogP contribution >= 0.6 is 0 Å².